The van der Waals surface area contributed by atoms with E-state index in [1.807, 2.05) is 36.5 Å². The number of nitrogens with zero attached hydrogens (tertiary/aromatic N) is 7. The highest BCUT2D eigenvalue weighted by atomic mass is 16.5. The zero-order valence-corrected chi connectivity index (χ0v) is 32.2. The average molecular weight is 766 g/mol. The van der Waals surface area contributed by atoms with Crippen LogP contribution < -0.4 is 21.1 Å². The minimum atomic E-state index is -0.686. The van der Waals surface area contributed by atoms with Gasteiger partial charge in [-0.2, -0.15) is 4.98 Å². The number of aryl methyl sites for hydroxylation is 2. The van der Waals surface area contributed by atoms with Crippen LogP contribution in [0, 0.1) is 0 Å². The summed E-state index contributed by atoms with van der Waals surface area (Å²) in [5.74, 6) is 0.728. The molecule has 1 saturated carbocycles. The molecule has 56 heavy (non-hydrogen) atoms. The van der Waals surface area contributed by atoms with Crippen molar-refractivity contribution in [2.45, 2.75) is 88.3 Å². The number of likely N-dealkylation sites (tertiary alicyclic amines) is 1. The Balaban J connectivity index is 0.839. The maximum absolute atomic E-state index is 13.1. The fourth-order valence-corrected chi connectivity index (χ4v) is 8.72. The number of fused-ring (bicyclic) bond motifs is 2. The molecule has 296 valence electrons. The molecular formula is C41H51N9O6. The summed E-state index contributed by atoms with van der Waals surface area (Å²) in [4.78, 5) is 53.7. The van der Waals surface area contributed by atoms with Gasteiger partial charge in [-0.05, 0) is 106 Å². The number of carbonyl (C=O) groups is 2. The SMILES string of the molecule is COc1cc(Nc2ncc3c(C4CCN(CCOCCCc5ccc6c(c5)n(C)c(=O)n6C5CCC(=O)NC5=O)CC4)cn(C4CCC(O)CC4)c3n2)ccn1. The van der Waals surface area contributed by atoms with Gasteiger partial charge in [-0.25, -0.2) is 14.8 Å². The fraction of sp³-hybridized carbons (Fsp3) is 0.512. The molecule has 1 aliphatic carbocycles. The van der Waals surface area contributed by atoms with Crippen molar-refractivity contribution in [2.75, 3.05) is 45.3 Å². The molecule has 1 unspecified atom stereocenters. The van der Waals surface area contributed by atoms with E-state index in [1.165, 1.54) is 10.1 Å². The number of benzene rings is 1. The zero-order chi connectivity index (χ0) is 38.8. The monoisotopic (exact) mass is 765 g/mol. The van der Waals surface area contributed by atoms with E-state index in [2.05, 4.69) is 31.3 Å². The van der Waals surface area contributed by atoms with E-state index >= 15 is 0 Å². The molecule has 8 rings (SSSR count). The van der Waals surface area contributed by atoms with Crippen molar-refractivity contribution in [3.8, 4) is 5.88 Å². The Bertz CT molecular complexity index is 2260. The highest BCUT2D eigenvalue weighted by Crippen LogP contribution is 2.38. The van der Waals surface area contributed by atoms with Gasteiger partial charge in [-0.1, -0.05) is 6.07 Å². The highest BCUT2D eigenvalue weighted by molar-refractivity contribution is 6.00. The Labute approximate surface area is 325 Å². The summed E-state index contributed by atoms with van der Waals surface area (Å²) in [6.07, 6.45) is 13.5. The van der Waals surface area contributed by atoms with Crippen LogP contribution in [0.1, 0.15) is 86.9 Å². The lowest BCUT2D eigenvalue weighted by Gasteiger charge is -2.32. The largest absolute Gasteiger partial charge is 0.481 e. The lowest BCUT2D eigenvalue weighted by atomic mass is 9.90. The Hall–Kier alpha value is -5.12. The summed E-state index contributed by atoms with van der Waals surface area (Å²) >= 11 is 0. The number of aliphatic hydroxyl groups is 1. The summed E-state index contributed by atoms with van der Waals surface area (Å²) < 4.78 is 16.8. The maximum Gasteiger partial charge on any atom is 0.329 e. The standard InChI is InChI=1S/C41H51N9O6/c1-47-35-22-26(5-10-33(35)50(41(47)54)34-11-12-36(52)45-39(34)53)4-3-20-56-21-19-48-17-14-27(15-18-48)32-25-49(29-6-8-30(51)9-7-29)38-31(32)24-43-40(46-38)44-28-13-16-42-37(23-28)55-2/h5,10,13,16,22-25,27,29-30,34,51H,3-4,6-9,11-12,14-15,17-21H2,1-2H3,(H,45,52,53)(H,42,43,44,46). The van der Waals surface area contributed by atoms with Gasteiger partial charge in [0, 0.05) is 68.4 Å². The van der Waals surface area contributed by atoms with Crippen LogP contribution >= 0.6 is 0 Å². The molecule has 2 saturated heterocycles. The number of hydrogen-bond donors (Lipinski definition) is 3. The van der Waals surface area contributed by atoms with Gasteiger partial charge in [0.25, 0.3) is 0 Å². The number of methoxy groups -OCH3 is 1. The number of imidazole rings is 1. The minimum absolute atomic E-state index is 0.219. The third-order valence-electron chi connectivity index (χ3n) is 11.9. The quantitative estimate of drug-likeness (QED) is 0.114. The van der Waals surface area contributed by atoms with Crippen molar-refractivity contribution in [3.63, 3.8) is 0 Å². The van der Waals surface area contributed by atoms with Gasteiger partial charge >= 0.3 is 5.69 Å². The van der Waals surface area contributed by atoms with Gasteiger partial charge in [-0.3, -0.25) is 24.0 Å². The minimum Gasteiger partial charge on any atom is -0.481 e. The van der Waals surface area contributed by atoms with Crippen LogP contribution in [0.2, 0.25) is 0 Å². The first-order valence-corrected chi connectivity index (χ1v) is 19.9. The van der Waals surface area contributed by atoms with Crippen LogP contribution in [-0.2, 0) is 27.8 Å². The molecule has 0 radical (unpaired) electrons. The van der Waals surface area contributed by atoms with Crippen LogP contribution in [0.25, 0.3) is 22.1 Å². The van der Waals surface area contributed by atoms with Crippen molar-refractivity contribution in [3.05, 3.63) is 70.5 Å². The molecule has 6 heterocycles. The molecule has 5 aromatic rings. The number of aromatic nitrogens is 6. The predicted molar refractivity (Wildman–Crippen MR) is 211 cm³/mol. The first-order chi connectivity index (χ1) is 27.2. The van der Waals surface area contributed by atoms with Gasteiger partial charge in [0.2, 0.25) is 23.6 Å². The Morgan fingerprint density at radius 2 is 1.79 bits per heavy atom. The summed E-state index contributed by atoms with van der Waals surface area (Å²) in [5.41, 5.74) is 5.37. The number of rotatable bonds is 13. The molecule has 0 bridgehead atoms. The fourth-order valence-electron chi connectivity index (χ4n) is 8.72. The van der Waals surface area contributed by atoms with E-state index in [1.54, 1.807) is 24.9 Å². The number of piperidine rings is 2. The number of amides is 2. The van der Waals surface area contributed by atoms with Crippen molar-refractivity contribution >= 4 is 45.5 Å². The number of hydrogen-bond acceptors (Lipinski definition) is 11. The smallest absolute Gasteiger partial charge is 0.329 e. The number of carbonyl (C=O) groups excluding carboxylic acids is 2. The average Bonchev–Trinajstić information content (AvgIpc) is 3.70. The number of anilines is 2. The topological polar surface area (TPSA) is 171 Å². The second kappa shape index (κ2) is 16.5. The predicted octanol–water partition coefficient (Wildman–Crippen LogP) is 4.51. The number of aliphatic hydroxyl groups excluding tert-OH is 1. The van der Waals surface area contributed by atoms with Gasteiger partial charge in [-0.15, -0.1) is 0 Å². The van der Waals surface area contributed by atoms with Crippen LogP contribution in [0.4, 0.5) is 11.6 Å². The molecule has 3 fully saturated rings. The molecular weight excluding hydrogens is 715 g/mol. The number of imide groups is 1. The summed E-state index contributed by atoms with van der Waals surface area (Å²) in [6, 6.07) is 9.22. The lowest BCUT2D eigenvalue weighted by molar-refractivity contribution is -0.135. The van der Waals surface area contributed by atoms with E-state index < -0.39 is 11.9 Å². The summed E-state index contributed by atoms with van der Waals surface area (Å²) in [7, 11) is 3.31. The molecule has 3 N–H and O–H groups in total. The maximum atomic E-state index is 13.1. The second-order valence-electron chi connectivity index (χ2n) is 15.4. The molecule has 4 aromatic heterocycles. The molecule has 2 amide bonds. The van der Waals surface area contributed by atoms with E-state index in [-0.39, 0.29) is 24.1 Å². The Morgan fingerprint density at radius 1 is 0.964 bits per heavy atom. The molecule has 2 aliphatic heterocycles. The number of ether oxygens (including phenoxy) is 2. The molecule has 15 nitrogen and oxygen atoms in total. The van der Waals surface area contributed by atoms with Crippen molar-refractivity contribution < 1.29 is 24.2 Å². The third-order valence-corrected chi connectivity index (χ3v) is 11.9. The highest BCUT2D eigenvalue weighted by Gasteiger charge is 2.32. The Morgan fingerprint density at radius 3 is 2.57 bits per heavy atom. The zero-order valence-electron chi connectivity index (χ0n) is 32.2. The Kier molecular flexibility index (Phi) is 11.2. The molecule has 1 atom stereocenters. The van der Waals surface area contributed by atoms with Crippen molar-refractivity contribution in [2.24, 2.45) is 7.05 Å². The van der Waals surface area contributed by atoms with Gasteiger partial charge < -0.3 is 29.4 Å². The van der Waals surface area contributed by atoms with Crippen LogP contribution in [0.3, 0.4) is 0 Å². The van der Waals surface area contributed by atoms with Crippen LogP contribution in [0.5, 0.6) is 5.88 Å². The number of nitrogens with one attached hydrogen (secondary N) is 2. The van der Waals surface area contributed by atoms with E-state index in [0.717, 1.165) is 98.8 Å². The number of pyridine rings is 1. The van der Waals surface area contributed by atoms with E-state index in [4.69, 9.17) is 19.4 Å². The normalized spacial score (nSPS) is 21.2. The summed E-state index contributed by atoms with van der Waals surface area (Å²) in [5, 5.41) is 17.0. The van der Waals surface area contributed by atoms with Crippen molar-refractivity contribution in [1.29, 1.82) is 0 Å². The van der Waals surface area contributed by atoms with Crippen LogP contribution in [0.15, 0.2) is 53.7 Å². The van der Waals surface area contributed by atoms with Crippen molar-refractivity contribution in [1.82, 2.24) is 38.9 Å². The van der Waals surface area contributed by atoms with E-state index in [0.29, 0.717) is 48.9 Å². The first kappa shape index (κ1) is 37.8. The molecule has 15 heteroatoms. The first-order valence-electron chi connectivity index (χ1n) is 19.9. The van der Waals surface area contributed by atoms with Gasteiger partial charge in [0.05, 0.1) is 30.9 Å². The van der Waals surface area contributed by atoms with Gasteiger partial charge in [0.1, 0.15) is 11.7 Å². The third kappa shape index (κ3) is 7.93. The van der Waals surface area contributed by atoms with Gasteiger partial charge in [0.15, 0.2) is 0 Å². The molecule has 3 aliphatic rings. The molecule has 0 spiro atoms. The van der Waals surface area contributed by atoms with E-state index in [9.17, 15) is 19.5 Å². The summed E-state index contributed by atoms with van der Waals surface area (Å²) in [6.45, 7) is 4.20. The van der Waals surface area contributed by atoms with Crippen LogP contribution in [-0.4, -0.2) is 96.5 Å². The molecule has 1 aromatic carbocycles. The second-order valence-corrected chi connectivity index (χ2v) is 15.4. The lowest BCUT2D eigenvalue weighted by Crippen LogP contribution is -2.44.